The van der Waals surface area contributed by atoms with E-state index in [9.17, 15) is 9.90 Å². The van der Waals surface area contributed by atoms with Crippen LogP contribution in [0.2, 0.25) is 0 Å². The zero-order valence-corrected chi connectivity index (χ0v) is 9.56. The van der Waals surface area contributed by atoms with Crippen molar-refractivity contribution in [3.05, 3.63) is 23.4 Å². The number of hydrogen-bond acceptors (Lipinski definition) is 3. The quantitative estimate of drug-likeness (QED) is 0.868. The van der Waals surface area contributed by atoms with Crippen molar-refractivity contribution in [1.29, 1.82) is 0 Å². The second kappa shape index (κ2) is 4.02. The summed E-state index contributed by atoms with van der Waals surface area (Å²) in [6, 6.07) is 1.72. The van der Waals surface area contributed by atoms with Gasteiger partial charge in [0.15, 0.2) is 0 Å². The van der Waals surface area contributed by atoms with Gasteiger partial charge >= 0.3 is 5.97 Å². The molecule has 17 heavy (non-hydrogen) atoms. The molecule has 3 rings (SSSR count). The van der Waals surface area contributed by atoms with E-state index >= 15 is 0 Å². The summed E-state index contributed by atoms with van der Waals surface area (Å²) in [7, 11) is 0. The van der Waals surface area contributed by atoms with Crippen LogP contribution in [0.3, 0.4) is 0 Å². The van der Waals surface area contributed by atoms with E-state index in [0.29, 0.717) is 5.92 Å². The van der Waals surface area contributed by atoms with Gasteiger partial charge in [-0.25, -0.2) is 9.78 Å². The number of carbonyl (C=O) groups is 1. The van der Waals surface area contributed by atoms with Crippen molar-refractivity contribution in [2.75, 3.05) is 0 Å². The molecule has 2 aliphatic carbocycles. The summed E-state index contributed by atoms with van der Waals surface area (Å²) >= 11 is 0. The average molecular weight is 233 g/mol. The number of carboxylic acid groups (broad SMARTS) is 1. The SMILES string of the molecule is O=C(O)c1cc(C2CC2)cnc1OC1CCC1. The maximum Gasteiger partial charge on any atom is 0.341 e. The Morgan fingerprint density at radius 3 is 2.65 bits per heavy atom. The van der Waals surface area contributed by atoms with Gasteiger partial charge in [-0.15, -0.1) is 0 Å². The molecule has 90 valence electrons. The van der Waals surface area contributed by atoms with Crippen LogP contribution in [0.1, 0.15) is 53.9 Å². The van der Waals surface area contributed by atoms with E-state index in [1.165, 1.54) is 0 Å². The lowest BCUT2D eigenvalue weighted by atomic mass is 9.96. The zero-order valence-electron chi connectivity index (χ0n) is 9.56. The summed E-state index contributed by atoms with van der Waals surface area (Å²) in [5.74, 6) is -0.153. The Bertz CT molecular complexity index is 450. The van der Waals surface area contributed by atoms with E-state index < -0.39 is 5.97 Å². The highest BCUT2D eigenvalue weighted by molar-refractivity contribution is 5.90. The summed E-state index contributed by atoms with van der Waals surface area (Å²) in [6.45, 7) is 0. The molecule has 4 nitrogen and oxygen atoms in total. The molecule has 1 heterocycles. The van der Waals surface area contributed by atoms with Gasteiger partial charge in [0, 0.05) is 6.20 Å². The molecule has 0 spiro atoms. The van der Waals surface area contributed by atoms with Gasteiger partial charge in [-0.3, -0.25) is 0 Å². The number of ether oxygens (including phenoxy) is 1. The second-order valence-electron chi connectivity index (χ2n) is 4.87. The van der Waals surface area contributed by atoms with Crippen LogP contribution in [0.5, 0.6) is 5.88 Å². The lowest BCUT2D eigenvalue weighted by Gasteiger charge is -2.26. The molecule has 1 aromatic heterocycles. The van der Waals surface area contributed by atoms with E-state index in [-0.39, 0.29) is 17.5 Å². The van der Waals surface area contributed by atoms with Crippen LogP contribution in [0.4, 0.5) is 0 Å². The minimum absolute atomic E-state index is 0.160. The number of aromatic nitrogens is 1. The van der Waals surface area contributed by atoms with Crippen molar-refractivity contribution in [2.45, 2.75) is 44.1 Å². The average Bonchev–Trinajstić information content (AvgIpc) is 3.07. The molecule has 0 aromatic carbocycles. The van der Waals surface area contributed by atoms with Crippen LogP contribution in [0, 0.1) is 0 Å². The normalized spacial score (nSPS) is 19.8. The number of rotatable bonds is 4. The Morgan fingerprint density at radius 2 is 2.12 bits per heavy atom. The predicted octanol–water partition coefficient (Wildman–Crippen LogP) is 2.59. The molecule has 4 heteroatoms. The monoisotopic (exact) mass is 233 g/mol. The predicted molar refractivity (Wildman–Crippen MR) is 61.4 cm³/mol. The molecular weight excluding hydrogens is 218 g/mol. The maximum atomic E-state index is 11.2. The van der Waals surface area contributed by atoms with Crippen molar-refractivity contribution in [1.82, 2.24) is 4.98 Å². The van der Waals surface area contributed by atoms with Gasteiger partial charge < -0.3 is 9.84 Å². The molecule has 0 amide bonds. The smallest absolute Gasteiger partial charge is 0.341 e. The van der Waals surface area contributed by atoms with E-state index in [2.05, 4.69) is 4.98 Å². The van der Waals surface area contributed by atoms with Crippen molar-refractivity contribution in [2.24, 2.45) is 0 Å². The first kappa shape index (κ1) is 10.6. The first-order valence-corrected chi connectivity index (χ1v) is 6.14. The molecule has 2 saturated carbocycles. The van der Waals surface area contributed by atoms with E-state index in [0.717, 1.165) is 37.7 Å². The van der Waals surface area contributed by atoms with Gasteiger partial charge in [0.25, 0.3) is 0 Å². The van der Waals surface area contributed by atoms with E-state index in [1.54, 1.807) is 12.3 Å². The highest BCUT2D eigenvalue weighted by atomic mass is 16.5. The number of aromatic carboxylic acids is 1. The van der Waals surface area contributed by atoms with Gasteiger partial charge in [-0.05, 0) is 49.7 Å². The molecule has 0 radical (unpaired) electrons. The number of hydrogen-bond donors (Lipinski definition) is 1. The van der Waals surface area contributed by atoms with Crippen molar-refractivity contribution in [3.63, 3.8) is 0 Å². The first-order chi connectivity index (χ1) is 8.24. The molecule has 0 bridgehead atoms. The van der Waals surface area contributed by atoms with Crippen LogP contribution >= 0.6 is 0 Å². The Morgan fingerprint density at radius 1 is 1.35 bits per heavy atom. The summed E-state index contributed by atoms with van der Waals surface area (Å²) in [6.07, 6.45) is 7.38. The van der Waals surface area contributed by atoms with Crippen molar-refractivity contribution in [3.8, 4) is 5.88 Å². The zero-order chi connectivity index (χ0) is 11.8. The lowest BCUT2D eigenvalue weighted by Crippen LogP contribution is -2.26. The number of carboxylic acids is 1. The van der Waals surface area contributed by atoms with Crippen LogP contribution in [0.15, 0.2) is 12.3 Å². The van der Waals surface area contributed by atoms with E-state index in [1.807, 2.05) is 0 Å². The molecule has 1 N–H and O–H groups in total. The molecule has 0 saturated heterocycles. The fraction of sp³-hybridized carbons (Fsp3) is 0.538. The maximum absolute atomic E-state index is 11.2. The third-order valence-electron chi connectivity index (χ3n) is 3.48. The fourth-order valence-electron chi connectivity index (χ4n) is 2.00. The van der Waals surface area contributed by atoms with Gasteiger partial charge in [0.1, 0.15) is 11.7 Å². The lowest BCUT2D eigenvalue weighted by molar-refractivity contribution is 0.0675. The minimum atomic E-state index is -0.950. The Balaban J connectivity index is 1.86. The molecular formula is C13H15NO3. The topological polar surface area (TPSA) is 59.4 Å². The highest BCUT2D eigenvalue weighted by Gasteiger charge is 2.27. The van der Waals surface area contributed by atoms with Crippen molar-refractivity contribution >= 4 is 5.97 Å². The Kier molecular flexibility index (Phi) is 2.50. The van der Waals surface area contributed by atoms with Gasteiger partial charge in [-0.2, -0.15) is 0 Å². The van der Waals surface area contributed by atoms with Crippen LogP contribution in [0.25, 0.3) is 0 Å². The summed E-state index contributed by atoms with van der Waals surface area (Å²) in [4.78, 5) is 15.4. The molecule has 1 aromatic rings. The third-order valence-corrected chi connectivity index (χ3v) is 3.48. The van der Waals surface area contributed by atoms with Gasteiger partial charge in [0.05, 0.1) is 0 Å². The van der Waals surface area contributed by atoms with Crippen molar-refractivity contribution < 1.29 is 14.6 Å². The fourth-order valence-corrected chi connectivity index (χ4v) is 2.00. The van der Waals surface area contributed by atoms with Gasteiger partial charge in [0.2, 0.25) is 5.88 Å². The molecule has 0 aliphatic heterocycles. The van der Waals surface area contributed by atoms with E-state index in [4.69, 9.17) is 4.74 Å². The summed E-state index contributed by atoms with van der Waals surface area (Å²) < 4.78 is 5.61. The van der Waals surface area contributed by atoms with Gasteiger partial charge in [-0.1, -0.05) is 0 Å². The minimum Gasteiger partial charge on any atom is -0.477 e. The molecule has 2 aliphatic rings. The molecule has 0 atom stereocenters. The highest BCUT2D eigenvalue weighted by Crippen LogP contribution is 2.41. The Labute approximate surface area is 99.6 Å². The summed E-state index contributed by atoms with van der Waals surface area (Å²) in [5.41, 5.74) is 1.24. The summed E-state index contributed by atoms with van der Waals surface area (Å²) in [5, 5.41) is 9.18. The van der Waals surface area contributed by atoms with Crippen LogP contribution < -0.4 is 4.74 Å². The van der Waals surface area contributed by atoms with Crippen LogP contribution in [-0.4, -0.2) is 22.2 Å². The molecule has 0 unspecified atom stereocenters. The number of pyridine rings is 1. The third kappa shape index (κ3) is 2.12. The number of nitrogens with zero attached hydrogens (tertiary/aromatic N) is 1. The molecule has 2 fully saturated rings. The largest absolute Gasteiger partial charge is 0.477 e. The first-order valence-electron chi connectivity index (χ1n) is 6.14. The Hall–Kier alpha value is -1.58. The standard InChI is InChI=1S/C13H15NO3/c15-13(16)11-6-9(8-4-5-8)7-14-12(11)17-10-2-1-3-10/h6-8,10H,1-5H2,(H,15,16). The van der Waals surface area contributed by atoms with Crippen LogP contribution in [-0.2, 0) is 0 Å². The second-order valence-corrected chi connectivity index (χ2v) is 4.87.